The molecule has 1 aliphatic rings. The van der Waals surface area contributed by atoms with Crippen molar-refractivity contribution in [3.8, 4) is 0 Å². The number of amides is 2. The van der Waals surface area contributed by atoms with E-state index in [1.54, 1.807) is 11.0 Å². The molecule has 1 aliphatic heterocycles. The molecule has 3 aromatic carbocycles. The number of benzene rings is 3. The molecule has 6 heteroatoms. The molecular formula is C27H27FN2O3. The first-order valence-electron chi connectivity index (χ1n) is 11.1. The molecule has 1 saturated heterocycles. The van der Waals surface area contributed by atoms with Crippen LogP contribution in [0.5, 0.6) is 0 Å². The van der Waals surface area contributed by atoms with Crippen LogP contribution >= 0.6 is 0 Å². The van der Waals surface area contributed by atoms with Crippen LogP contribution in [0.4, 0.5) is 10.1 Å². The first kappa shape index (κ1) is 22.7. The summed E-state index contributed by atoms with van der Waals surface area (Å²) in [7, 11) is 0. The SMILES string of the molecule is Cc1ccc(CN(C(=O)c2cccc(F)c2)c2ccc(CC(=O)N3CCOCC3)cc2)cc1. The van der Waals surface area contributed by atoms with Gasteiger partial charge in [-0.05, 0) is 48.4 Å². The molecule has 0 aliphatic carbocycles. The van der Waals surface area contributed by atoms with Gasteiger partial charge in [-0.1, -0.05) is 48.0 Å². The number of halogens is 1. The maximum atomic E-state index is 13.8. The number of carbonyl (C=O) groups excluding carboxylic acids is 2. The molecule has 0 bridgehead atoms. The van der Waals surface area contributed by atoms with Crippen LogP contribution in [0.2, 0.25) is 0 Å². The summed E-state index contributed by atoms with van der Waals surface area (Å²) >= 11 is 0. The number of hydrogen-bond acceptors (Lipinski definition) is 3. The van der Waals surface area contributed by atoms with E-state index in [-0.39, 0.29) is 17.4 Å². The van der Waals surface area contributed by atoms with Gasteiger partial charge in [-0.15, -0.1) is 0 Å². The van der Waals surface area contributed by atoms with Crippen LogP contribution in [0.1, 0.15) is 27.0 Å². The summed E-state index contributed by atoms with van der Waals surface area (Å²) in [6.45, 7) is 4.73. The van der Waals surface area contributed by atoms with E-state index >= 15 is 0 Å². The average Bonchev–Trinajstić information content (AvgIpc) is 2.84. The van der Waals surface area contributed by atoms with Gasteiger partial charge in [-0.2, -0.15) is 0 Å². The monoisotopic (exact) mass is 446 g/mol. The number of nitrogens with zero attached hydrogens (tertiary/aromatic N) is 2. The minimum absolute atomic E-state index is 0.0680. The molecule has 1 fully saturated rings. The Hall–Kier alpha value is -3.51. The van der Waals surface area contributed by atoms with Gasteiger partial charge < -0.3 is 14.5 Å². The van der Waals surface area contributed by atoms with Crippen LogP contribution in [-0.2, 0) is 22.5 Å². The molecular weight excluding hydrogens is 419 g/mol. The molecule has 33 heavy (non-hydrogen) atoms. The highest BCUT2D eigenvalue weighted by molar-refractivity contribution is 6.06. The molecule has 0 atom stereocenters. The van der Waals surface area contributed by atoms with Gasteiger partial charge in [-0.3, -0.25) is 9.59 Å². The van der Waals surface area contributed by atoms with Crippen LogP contribution in [0.25, 0.3) is 0 Å². The standard InChI is InChI=1S/C27H27FN2O3/c1-20-5-7-22(8-6-20)19-30(27(32)23-3-2-4-24(28)18-23)25-11-9-21(10-12-25)17-26(31)29-13-15-33-16-14-29/h2-12,18H,13-17,19H2,1H3. The Balaban J connectivity index is 1.55. The lowest BCUT2D eigenvalue weighted by Gasteiger charge is -2.27. The van der Waals surface area contributed by atoms with Gasteiger partial charge in [0, 0.05) is 24.3 Å². The van der Waals surface area contributed by atoms with Crippen molar-refractivity contribution in [2.45, 2.75) is 19.9 Å². The van der Waals surface area contributed by atoms with E-state index in [9.17, 15) is 14.0 Å². The lowest BCUT2D eigenvalue weighted by molar-refractivity contribution is -0.134. The molecule has 0 aromatic heterocycles. The smallest absolute Gasteiger partial charge is 0.258 e. The van der Waals surface area contributed by atoms with E-state index in [4.69, 9.17) is 4.74 Å². The Morgan fingerprint density at radius 2 is 1.61 bits per heavy atom. The minimum Gasteiger partial charge on any atom is -0.378 e. The Bertz CT molecular complexity index is 1110. The topological polar surface area (TPSA) is 49.9 Å². The number of hydrogen-bond donors (Lipinski definition) is 0. The molecule has 5 nitrogen and oxygen atoms in total. The third-order valence-corrected chi connectivity index (χ3v) is 5.75. The zero-order valence-corrected chi connectivity index (χ0v) is 18.7. The highest BCUT2D eigenvalue weighted by atomic mass is 19.1. The molecule has 170 valence electrons. The summed E-state index contributed by atoms with van der Waals surface area (Å²) in [6, 6.07) is 21.1. The van der Waals surface area contributed by atoms with E-state index in [0.717, 1.165) is 16.7 Å². The van der Waals surface area contributed by atoms with Crippen molar-refractivity contribution in [2.24, 2.45) is 0 Å². The van der Waals surface area contributed by atoms with Crippen molar-refractivity contribution < 1.29 is 18.7 Å². The summed E-state index contributed by atoms with van der Waals surface area (Å²) in [5, 5.41) is 0. The maximum Gasteiger partial charge on any atom is 0.258 e. The van der Waals surface area contributed by atoms with Crippen LogP contribution in [-0.4, -0.2) is 43.0 Å². The van der Waals surface area contributed by atoms with Crippen LogP contribution in [0.15, 0.2) is 72.8 Å². The van der Waals surface area contributed by atoms with Gasteiger partial charge in [0.05, 0.1) is 26.2 Å². The predicted octanol–water partition coefficient (Wildman–Crippen LogP) is 4.38. The second-order valence-corrected chi connectivity index (χ2v) is 8.22. The van der Waals surface area contributed by atoms with E-state index in [1.165, 1.54) is 18.2 Å². The van der Waals surface area contributed by atoms with Gasteiger partial charge >= 0.3 is 0 Å². The predicted molar refractivity (Wildman–Crippen MR) is 126 cm³/mol. The quantitative estimate of drug-likeness (QED) is 0.565. The highest BCUT2D eigenvalue weighted by Crippen LogP contribution is 2.22. The zero-order chi connectivity index (χ0) is 23.2. The molecule has 3 aromatic rings. The Morgan fingerprint density at radius 1 is 0.939 bits per heavy atom. The number of ether oxygens (including phenoxy) is 1. The number of rotatable bonds is 6. The Labute approximate surface area is 193 Å². The molecule has 0 radical (unpaired) electrons. The fraction of sp³-hybridized carbons (Fsp3) is 0.259. The number of anilines is 1. The van der Waals surface area contributed by atoms with Crippen LogP contribution in [0, 0.1) is 12.7 Å². The summed E-state index contributed by atoms with van der Waals surface area (Å²) in [6.07, 6.45) is 0.302. The molecule has 0 N–H and O–H groups in total. The van der Waals surface area contributed by atoms with Gasteiger partial charge in [0.2, 0.25) is 5.91 Å². The van der Waals surface area contributed by atoms with Gasteiger partial charge in [0.15, 0.2) is 0 Å². The number of morpholine rings is 1. The van der Waals surface area contributed by atoms with Crippen molar-refractivity contribution in [3.05, 3.63) is 101 Å². The molecule has 0 unspecified atom stereocenters. The first-order valence-corrected chi connectivity index (χ1v) is 11.1. The first-order chi connectivity index (χ1) is 16.0. The average molecular weight is 447 g/mol. The molecule has 4 rings (SSSR count). The fourth-order valence-corrected chi connectivity index (χ4v) is 3.83. The normalized spacial score (nSPS) is 13.6. The highest BCUT2D eigenvalue weighted by Gasteiger charge is 2.20. The van der Waals surface area contributed by atoms with E-state index in [0.29, 0.717) is 45.0 Å². The maximum absolute atomic E-state index is 13.8. The fourth-order valence-electron chi connectivity index (χ4n) is 3.83. The van der Waals surface area contributed by atoms with Crippen molar-refractivity contribution in [3.63, 3.8) is 0 Å². The molecule has 0 saturated carbocycles. The van der Waals surface area contributed by atoms with E-state index < -0.39 is 5.82 Å². The van der Waals surface area contributed by atoms with Crippen molar-refractivity contribution in [1.29, 1.82) is 0 Å². The van der Waals surface area contributed by atoms with Gasteiger partial charge in [0.1, 0.15) is 5.82 Å². The number of aryl methyl sites for hydroxylation is 1. The second kappa shape index (κ2) is 10.4. The van der Waals surface area contributed by atoms with Crippen molar-refractivity contribution >= 4 is 17.5 Å². The second-order valence-electron chi connectivity index (χ2n) is 8.22. The summed E-state index contributed by atoms with van der Waals surface area (Å²) in [4.78, 5) is 29.3. The molecule has 1 heterocycles. The van der Waals surface area contributed by atoms with E-state index in [2.05, 4.69) is 0 Å². The molecule has 0 spiro atoms. The van der Waals surface area contributed by atoms with Crippen LogP contribution < -0.4 is 4.90 Å². The Kier molecular flexibility index (Phi) is 7.15. The lowest BCUT2D eigenvalue weighted by Crippen LogP contribution is -2.41. The van der Waals surface area contributed by atoms with Gasteiger partial charge in [-0.25, -0.2) is 4.39 Å². The summed E-state index contributed by atoms with van der Waals surface area (Å²) in [5.74, 6) is -0.668. The summed E-state index contributed by atoms with van der Waals surface area (Å²) < 4.78 is 19.1. The number of carbonyl (C=O) groups is 2. The van der Waals surface area contributed by atoms with Crippen molar-refractivity contribution in [2.75, 3.05) is 31.2 Å². The summed E-state index contributed by atoms with van der Waals surface area (Å²) in [5.41, 5.74) is 3.96. The van der Waals surface area contributed by atoms with Crippen LogP contribution in [0.3, 0.4) is 0 Å². The van der Waals surface area contributed by atoms with Crippen molar-refractivity contribution in [1.82, 2.24) is 4.90 Å². The largest absolute Gasteiger partial charge is 0.378 e. The minimum atomic E-state index is -0.451. The third kappa shape index (κ3) is 5.84. The van der Waals surface area contributed by atoms with Gasteiger partial charge in [0.25, 0.3) is 5.91 Å². The molecule has 2 amide bonds. The Morgan fingerprint density at radius 3 is 2.27 bits per heavy atom. The zero-order valence-electron chi connectivity index (χ0n) is 18.7. The third-order valence-electron chi connectivity index (χ3n) is 5.75. The lowest BCUT2D eigenvalue weighted by atomic mass is 10.1. The van der Waals surface area contributed by atoms with E-state index in [1.807, 2.05) is 60.4 Å².